The molecular weight excluding hydrogens is 236 g/mol. The topological polar surface area (TPSA) is 53.6 Å². The Bertz CT molecular complexity index is 401. The number of benzene rings is 1. The second-order valence-electron chi connectivity index (χ2n) is 4.56. The minimum absolute atomic E-state index is 0.544. The van der Waals surface area contributed by atoms with Crippen molar-refractivity contribution in [2.75, 3.05) is 31.1 Å². The van der Waals surface area contributed by atoms with E-state index in [4.69, 9.17) is 5.73 Å². The maximum Gasteiger partial charge on any atom is 0.188 e. The molecule has 0 amide bonds. The van der Waals surface area contributed by atoms with Crippen LogP contribution in [0.1, 0.15) is 25.8 Å². The van der Waals surface area contributed by atoms with E-state index in [1.165, 1.54) is 11.3 Å². The molecule has 0 fully saturated rings. The minimum Gasteiger partial charge on any atom is -0.370 e. The molecule has 0 atom stereocenters. The number of para-hydroxylation sites is 1. The number of guanidine groups is 1. The monoisotopic (exact) mass is 262 g/mol. The van der Waals surface area contributed by atoms with Crippen LogP contribution in [-0.4, -0.2) is 32.1 Å². The lowest BCUT2D eigenvalue weighted by molar-refractivity contribution is 0.767. The number of anilines is 1. The Morgan fingerprint density at radius 3 is 2.68 bits per heavy atom. The van der Waals surface area contributed by atoms with Gasteiger partial charge in [-0.2, -0.15) is 0 Å². The molecule has 4 nitrogen and oxygen atoms in total. The molecule has 0 aliphatic carbocycles. The molecule has 4 heteroatoms. The van der Waals surface area contributed by atoms with Crippen molar-refractivity contribution in [2.45, 2.75) is 27.2 Å². The van der Waals surface area contributed by atoms with Crippen molar-refractivity contribution in [3.63, 3.8) is 0 Å². The Morgan fingerprint density at radius 2 is 2.05 bits per heavy atom. The summed E-state index contributed by atoms with van der Waals surface area (Å²) < 4.78 is 0. The normalized spacial score (nSPS) is 11.4. The molecule has 0 saturated heterocycles. The molecule has 0 bridgehead atoms. The van der Waals surface area contributed by atoms with Gasteiger partial charge in [0.25, 0.3) is 0 Å². The van der Waals surface area contributed by atoms with Crippen molar-refractivity contribution in [3.05, 3.63) is 29.8 Å². The Kier molecular flexibility index (Phi) is 6.79. The number of aryl methyl sites for hydroxylation is 1. The van der Waals surface area contributed by atoms with Gasteiger partial charge in [-0.1, -0.05) is 25.1 Å². The van der Waals surface area contributed by atoms with Gasteiger partial charge in [0.2, 0.25) is 0 Å². The average molecular weight is 262 g/mol. The number of hydrogen-bond acceptors (Lipinski definition) is 2. The van der Waals surface area contributed by atoms with Crippen LogP contribution in [0.4, 0.5) is 5.69 Å². The van der Waals surface area contributed by atoms with Gasteiger partial charge in [-0.3, -0.25) is 4.99 Å². The van der Waals surface area contributed by atoms with E-state index < -0.39 is 0 Å². The lowest BCUT2D eigenvalue weighted by atomic mass is 10.2. The summed E-state index contributed by atoms with van der Waals surface area (Å²) >= 11 is 0. The summed E-state index contributed by atoms with van der Waals surface area (Å²) in [5, 5.41) is 3.16. The van der Waals surface area contributed by atoms with Crippen molar-refractivity contribution in [2.24, 2.45) is 10.7 Å². The minimum atomic E-state index is 0.544. The first-order valence-corrected chi connectivity index (χ1v) is 7.03. The van der Waals surface area contributed by atoms with Crippen molar-refractivity contribution in [1.29, 1.82) is 0 Å². The first kappa shape index (κ1) is 15.3. The first-order valence-electron chi connectivity index (χ1n) is 7.03. The van der Waals surface area contributed by atoms with Crippen LogP contribution in [0.2, 0.25) is 0 Å². The highest BCUT2D eigenvalue weighted by Crippen LogP contribution is 2.18. The number of aliphatic imine (C=N–C) groups is 1. The lowest BCUT2D eigenvalue weighted by Crippen LogP contribution is -2.38. The van der Waals surface area contributed by atoms with E-state index in [2.05, 4.69) is 60.2 Å². The SMILES string of the molecule is CCCN=C(N)NCCN(CC)c1ccccc1C. The molecular formula is C15H26N4. The summed E-state index contributed by atoms with van der Waals surface area (Å²) in [5.74, 6) is 0.544. The number of hydrogen-bond donors (Lipinski definition) is 2. The quantitative estimate of drug-likeness (QED) is 0.585. The maximum absolute atomic E-state index is 5.78. The molecule has 19 heavy (non-hydrogen) atoms. The molecule has 0 aliphatic heterocycles. The summed E-state index contributed by atoms with van der Waals surface area (Å²) in [6, 6.07) is 8.45. The van der Waals surface area contributed by atoms with E-state index in [0.29, 0.717) is 5.96 Å². The zero-order valence-electron chi connectivity index (χ0n) is 12.3. The molecule has 0 heterocycles. The van der Waals surface area contributed by atoms with Gasteiger partial charge in [0.1, 0.15) is 0 Å². The molecule has 0 spiro atoms. The second kappa shape index (κ2) is 8.40. The number of rotatable bonds is 7. The highest BCUT2D eigenvalue weighted by Gasteiger charge is 2.06. The van der Waals surface area contributed by atoms with Gasteiger partial charge in [-0.15, -0.1) is 0 Å². The van der Waals surface area contributed by atoms with E-state index in [-0.39, 0.29) is 0 Å². The van der Waals surface area contributed by atoms with Crippen molar-refractivity contribution < 1.29 is 0 Å². The van der Waals surface area contributed by atoms with Crippen molar-refractivity contribution in [1.82, 2.24) is 5.32 Å². The molecule has 106 valence electrons. The fourth-order valence-corrected chi connectivity index (χ4v) is 1.97. The molecule has 0 aromatic heterocycles. The van der Waals surface area contributed by atoms with Gasteiger partial charge in [0.05, 0.1) is 0 Å². The van der Waals surface area contributed by atoms with Gasteiger partial charge in [-0.25, -0.2) is 0 Å². The molecule has 1 rings (SSSR count). The van der Waals surface area contributed by atoms with Crippen LogP contribution in [0.5, 0.6) is 0 Å². The van der Waals surface area contributed by atoms with Crippen LogP contribution in [0.3, 0.4) is 0 Å². The Hall–Kier alpha value is -1.71. The smallest absolute Gasteiger partial charge is 0.188 e. The fraction of sp³-hybridized carbons (Fsp3) is 0.533. The Morgan fingerprint density at radius 1 is 1.32 bits per heavy atom. The standard InChI is InChI=1S/C15H26N4/c1-4-10-17-15(16)18-11-12-19(5-2)14-9-7-6-8-13(14)3/h6-9H,4-5,10-12H2,1-3H3,(H3,16,17,18). The molecule has 1 aromatic carbocycles. The van der Waals surface area contributed by atoms with Gasteiger partial charge < -0.3 is 16.0 Å². The molecule has 3 N–H and O–H groups in total. The predicted molar refractivity (Wildman–Crippen MR) is 83.8 cm³/mol. The van der Waals surface area contributed by atoms with Crippen molar-refractivity contribution in [3.8, 4) is 0 Å². The van der Waals surface area contributed by atoms with Crippen LogP contribution in [0.25, 0.3) is 0 Å². The fourth-order valence-electron chi connectivity index (χ4n) is 1.97. The van der Waals surface area contributed by atoms with Crippen molar-refractivity contribution >= 4 is 11.6 Å². The van der Waals surface area contributed by atoms with Crippen LogP contribution in [0, 0.1) is 6.92 Å². The van der Waals surface area contributed by atoms with Gasteiger partial charge in [-0.05, 0) is 31.9 Å². The van der Waals surface area contributed by atoms with Gasteiger partial charge >= 0.3 is 0 Å². The van der Waals surface area contributed by atoms with E-state index in [1.54, 1.807) is 0 Å². The third-order valence-electron chi connectivity index (χ3n) is 3.03. The Labute approximate surface area is 116 Å². The first-order chi connectivity index (χ1) is 9.19. The summed E-state index contributed by atoms with van der Waals surface area (Å²) in [4.78, 5) is 6.56. The van der Waals surface area contributed by atoms with Crippen LogP contribution >= 0.6 is 0 Å². The number of nitrogens with two attached hydrogens (primary N) is 1. The van der Waals surface area contributed by atoms with Crippen LogP contribution in [0.15, 0.2) is 29.3 Å². The number of likely N-dealkylation sites (N-methyl/N-ethyl adjacent to an activating group) is 1. The summed E-state index contributed by atoms with van der Waals surface area (Å²) in [6.07, 6.45) is 1.02. The zero-order chi connectivity index (χ0) is 14.1. The van der Waals surface area contributed by atoms with Gasteiger partial charge in [0, 0.05) is 31.9 Å². The third kappa shape index (κ3) is 5.20. The van der Waals surface area contributed by atoms with Gasteiger partial charge in [0.15, 0.2) is 5.96 Å². The van der Waals surface area contributed by atoms with E-state index in [9.17, 15) is 0 Å². The third-order valence-corrected chi connectivity index (χ3v) is 3.03. The zero-order valence-corrected chi connectivity index (χ0v) is 12.3. The van der Waals surface area contributed by atoms with Crippen LogP contribution in [-0.2, 0) is 0 Å². The molecule has 0 radical (unpaired) electrons. The van der Waals surface area contributed by atoms with E-state index in [1.807, 2.05) is 0 Å². The second-order valence-corrected chi connectivity index (χ2v) is 4.56. The molecule has 1 aromatic rings. The lowest BCUT2D eigenvalue weighted by Gasteiger charge is -2.25. The number of nitrogens with zero attached hydrogens (tertiary/aromatic N) is 2. The highest BCUT2D eigenvalue weighted by molar-refractivity contribution is 5.77. The Balaban J connectivity index is 2.48. The largest absolute Gasteiger partial charge is 0.370 e. The summed E-state index contributed by atoms with van der Waals surface area (Å²) in [6.45, 7) is 9.90. The highest BCUT2D eigenvalue weighted by atomic mass is 15.2. The van der Waals surface area contributed by atoms with E-state index >= 15 is 0 Å². The molecule has 0 unspecified atom stereocenters. The maximum atomic E-state index is 5.78. The predicted octanol–water partition coefficient (Wildman–Crippen LogP) is 2.14. The number of nitrogens with one attached hydrogen (secondary N) is 1. The summed E-state index contributed by atoms with van der Waals surface area (Å²) in [7, 11) is 0. The summed E-state index contributed by atoms with van der Waals surface area (Å²) in [5.41, 5.74) is 8.37. The van der Waals surface area contributed by atoms with E-state index in [0.717, 1.165) is 32.6 Å². The average Bonchev–Trinajstić information content (AvgIpc) is 2.42. The molecule has 0 saturated carbocycles. The van der Waals surface area contributed by atoms with Crippen LogP contribution < -0.4 is 16.0 Å². The molecule has 0 aliphatic rings.